The molecule has 1 atom stereocenters. The summed E-state index contributed by atoms with van der Waals surface area (Å²) >= 11 is 0. The summed E-state index contributed by atoms with van der Waals surface area (Å²) in [4.78, 5) is 4.44. The highest BCUT2D eigenvalue weighted by Gasteiger charge is 2.12. The number of aliphatic hydroxyl groups excluding tert-OH is 1. The van der Waals surface area contributed by atoms with Gasteiger partial charge in [0.2, 0.25) is 0 Å². The predicted octanol–water partition coefficient (Wildman–Crippen LogP) is 2.01. The van der Waals surface area contributed by atoms with Gasteiger partial charge in [-0.25, -0.2) is 0 Å². The molecule has 0 saturated carbocycles. The zero-order chi connectivity index (χ0) is 16.5. The molecule has 2 rings (SSSR count). The molecule has 1 aromatic carbocycles. The second-order valence-electron chi connectivity index (χ2n) is 5.79. The van der Waals surface area contributed by atoms with Crippen molar-refractivity contribution in [3.63, 3.8) is 0 Å². The molecule has 0 bridgehead atoms. The van der Waals surface area contributed by atoms with Crippen LogP contribution in [0.25, 0.3) is 0 Å². The van der Waals surface area contributed by atoms with E-state index >= 15 is 0 Å². The number of rotatable bonds is 7. The molecule has 1 aliphatic rings. The van der Waals surface area contributed by atoms with E-state index in [2.05, 4.69) is 27.8 Å². The Balaban J connectivity index is 1.78. The van der Waals surface area contributed by atoms with Crippen molar-refractivity contribution in [2.45, 2.75) is 38.8 Å². The van der Waals surface area contributed by atoms with Crippen molar-refractivity contribution in [1.82, 2.24) is 10.6 Å². The first-order valence-corrected chi connectivity index (χ1v) is 8.24. The number of aliphatic imine (C=N–C) groups is 1. The third kappa shape index (κ3) is 6.32. The molecule has 0 fully saturated rings. The molecule has 0 heterocycles. The van der Waals surface area contributed by atoms with E-state index < -0.39 is 6.10 Å². The molecule has 0 saturated heterocycles. The molecule has 0 aromatic heterocycles. The Morgan fingerprint density at radius 3 is 2.87 bits per heavy atom. The second kappa shape index (κ2) is 9.20. The SMILES string of the molecule is CCNC(=NCC(O)COc1cccc(C)c1)NC1CC=CC1. The summed E-state index contributed by atoms with van der Waals surface area (Å²) in [6, 6.07) is 8.20. The lowest BCUT2D eigenvalue weighted by Gasteiger charge is -2.17. The van der Waals surface area contributed by atoms with Gasteiger partial charge in [0.15, 0.2) is 5.96 Å². The Morgan fingerprint density at radius 2 is 2.17 bits per heavy atom. The van der Waals surface area contributed by atoms with E-state index in [4.69, 9.17) is 4.74 Å². The summed E-state index contributed by atoms with van der Waals surface area (Å²) in [5, 5.41) is 16.6. The summed E-state index contributed by atoms with van der Waals surface area (Å²) < 4.78 is 5.60. The number of nitrogens with zero attached hydrogens (tertiary/aromatic N) is 1. The molecule has 0 aliphatic heterocycles. The molecule has 0 radical (unpaired) electrons. The molecule has 0 spiro atoms. The summed E-state index contributed by atoms with van der Waals surface area (Å²) in [5.74, 6) is 1.52. The van der Waals surface area contributed by atoms with Crippen LogP contribution in [0.3, 0.4) is 0 Å². The molecule has 5 nitrogen and oxygen atoms in total. The molecule has 1 aliphatic carbocycles. The normalized spacial score (nSPS) is 16.4. The number of guanidine groups is 1. The molecule has 1 unspecified atom stereocenters. The first-order chi connectivity index (χ1) is 11.2. The fourth-order valence-electron chi connectivity index (χ4n) is 2.40. The molecule has 0 amide bonds. The number of nitrogens with one attached hydrogen (secondary N) is 2. The van der Waals surface area contributed by atoms with Gasteiger partial charge in [-0.3, -0.25) is 4.99 Å². The Kier molecular flexibility index (Phi) is 6.94. The van der Waals surface area contributed by atoms with Crippen LogP contribution in [-0.4, -0.2) is 42.9 Å². The van der Waals surface area contributed by atoms with Crippen LogP contribution in [0.5, 0.6) is 5.75 Å². The number of hydrogen-bond acceptors (Lipinski definition) is 3. The van der Waals surface area contributed by atoms with Crippen molar-refractivity contribution < 1.29 is 9.84 Å². The van der Waals surface area contributed by atoms with Crippen molar-refractivity contribution in [2.24, 2.45) is 4.99 Å². The van der Waals surface area contributed by atoms with Gasteiger partial charge in [0.25, 0.3) is 0 Å². The summed E-state index contributed by atoms with van der Waals surface area (Å²) in [5.41, 5.74) is 1.14. The average Bonchev–Trinajstić information content (AvgIpc) is 3.04. The highest BCUT2D eigenvalue weighted by molar-refractivity contribution is 5.80. The van der Waals surface area contributed by atoms with Gasteiger partial charge in [0.1, 0.15) is 18.5 Å². The van der Waals surface area contributed by atoms with E-state index in [1.54, 1.807) is 0 Å². The summed E-state index contributed by atoms with van der Waals surface area (Å²) in [7, 11) is 0. The molecule has 126 valence electrons. The van der Waals surface area contributed by atoms with Gasteiger partial charge in [-0.1, -0.05) is 24.3 Å². The standard InChI is InChI=1S/C18H27N3O2/c1-3-19-18(21-15-8-4-5-9-15)20-12-16(22)13-23-17-10-6-7-14(2)11-17/h4-7,10-11,15-16,22H,3,8-9,12-13H2,1-2H3,(H2,19,20,21). The molecule has 1 aromatic rings. The number of aliphatic hydroxyl groups is 1. The molecule has 3 N–H and O–H groups in total. The fourth-order valence-corrected chi connectivity index (χ4v) is 2.40. The van der Waals surface area contributed by atoms with E-state index in [9.17, 15) is 5.11 Å². The molecular weight excluding hydrogens is 290 g/mol. The van der Waals surface area contributed by atoms with Gasteiger partial charge in [-0.15, -0.1) is 0 Å². The van der Waals surface area contributed by atoms with Gasteiger partial charge in [0.05, 0.1) is 6.54 Å². The van der Waals surface area contributed by atoms with Gasteiger partial charge < -0.3 is 20.5 Å². The van der Waals surface area contributed by atoms with Crippen LogP contribution < -0.4 is 15.4 Å². The topological polar surface area (TPSA) is 65.9 Å². The minimum Gasteiger partial charge on any atom is -0.491 e. The lowest BCUT2D eigenvalue weighted by atomic mass is 10.2. The lowest BCUT2D eigenvalue weighted by Crippen LogP contribution is -2.43. The zero-order valence-corrected chi connectivity index (χ0v) is 14.0. The highest BCUT2D eigenvalue weighted by Crippen LogP contribution is 2.12. The van der Waals surface area contributed by atoms with Gasteiger partial charge in [-0.2, -0.15) is 0 Å². The number of ether oxygens (including phenoxy) is 1. The maximum atomic E-state index is 10.1. The minimum absolute atomic E-state index is 0.233. The summed E-state index contributed by atoms with van der Waals surface area (Å²) in [6.45, 7) is 5.38. The zero-order valence-electron chi connectivity index (χ0n) is 14.0. The van der Waals surface area contributed by atoms with E-state index in [-0.39, 0.29) is 6.61 Å². The van der Waals surface area contributed by atoms with Crippen LogP contribution in [0.4, 0.5) is 0 Å². The van der Waals surface area contributed by atoms with Crippen LogP contribution in [-0.2, 0) is 0 Å². The van der Waals surface area contributed by atoms with Gasteiger partial charge >= 0.3 is 0 Å². The third-order valence-electron chi connectivity index (χ3n) is 3.59. The first-order valence-electron chi connectivity index (χ1n) is 8.24. The van der Waals surface area contributed by atoms with Gasteiger partial charge in [-0.05, 0) is 44.4 Å². The molecule has 5 heteroatoms. The number of aryl methyl sites for hydroxylation is 1. The first kappa shape index (κ1) is 17.3. The second-order valence-corrected chi connectivity index (χ2v) is 5.79. The lowest BCUT2D eigenvalue weighted by molar-refractivity contribution is 0.114. The van der Waals surface area contributed by atoms with E-state index in [1.807, 2.05) is 38.1 Å². The van der Waals surface area contributed by atoms with E-state index in [0.717, 1.165) is 36.7 Å². The Bertz CT molecular complexity index is 535. The predicted molar refractivity (Wildman–Crippen MR) is 94.0 cm³/mol. The number of benzene rings is 1. The molecule has 23 heavy (non-hydrogen) atoms. The number of hydrogen-bond donors (Lipinski definition) is 3. The van der Waals surface area contributed by atoms with E-state index in [0.29, 0.717) is 12.6 Å². The van der Waals surface area contributed by atoms with Crippen molar-refractivity contribution in [3.05, 3.63) is 42.0 Å². The minimum atomic E-state index is -0.632. The Hall–Kier alpha value is -2.01. The highest BCUT2D eigenvalue weighted by atomic mass is 16.5. The quantitative estimate of drug-likeness (QED) is 0.409. The largest absolute Gasteiger partial charge is 0.491 e. The average molecular weight is 317 g/mol. The molecular formula is C18H27N3O2. The van der Waals surface area contributed by atoms with Crippen molar-refractivity contribution in [2.75, 3.05) is 19.7 Å². The monoisotopic (exact) mass is 317 g/mol. The van der Waals surface area contributed by atoms with Crippen molar-refractivity contribution in [1.29, 1.82) is 0 Å². The van der Waals surface area contributed by atoms with Gasteiger partial charge in [0, 0.05) is 12.6 Å². The van der Waals surface area contributed by atoms with Crippen LogP contribution in [0.2, 0.25) is 0 Å². The van der Waals surface area contributed by atoms with Crippen molar-refractivity contribution in [3.8, 4) is 5.75 Å². The maximum Gasteiger partial charge on any atom is 0.191 e. The van der Waals surface area contributed by atoms with E-state index in [1.165, 1.54) is 0 Å². The van der Waals surface area contributed by atoms with Crippen LogP contribution >= 0.6 is 0 Å². The van der Waals surface area contributed by atoms with Crippen LogP contribution in [0.15, 0.2) is 41.4 Å². The third-order valence-corrected chi connectivity index (χ3v) is 3.59. The van der Waals surface area contributed by atoms with Crippen molar-refractivity contribution >= 4 is 5.96 Å². The fraction of sp³-hybridized carbons (Fsp3) is 0.500. The van der Waals surface area contributed by atoms with Crippen LogP contribution in [0.1, 0.15) is 25.3 Å². The van der Waals surface area contributed by atoms with Crippen LogP contribution in [0, 0.1) is 6.92 Å². The Labute approximate surface area is 138 Å². The summed E-state index contributed by atoms with van der Waals surface area (Å²) in [6.07, 6.45) is 5.75. The smallest absolute Gasteiger partial charge is 0.191 e. The maximum absolute atomic E-state index is 10.1. The Morgan fingerprint density at radius 1 is 1.39 bits per heavy atom.